The van der Waals surface area contributed by atoms with Gasteiger partial charge in [-0.2, -0.15) is 0 Å². The van der Waals surface area contributed by atoms with Crippen molar-refractivity contribution in [1.82, 2.24) is 4.98 Å². The van der Waals surface area contributed by atoms with Crippen LogP contribution < -0.4 is 5.73 Å². The van der Waals surface area contributed by atoms with Crippen molar-refractivity contribution in [2.45, 2.75) is 40.7 Å². The van der Waals surface area contributed by atoms with E-state index in [4.69, 9.17) is 5.73 Å². The van der Waals surface area contributed by atoms with Crippen molar-refractivity contribution < 1.29 is 0 Å². The second kappa shape index (κ2) is 3.30. The smallest absolute Gasteiger partial charge is 0.0349 e. The van der Waals surface area contributed by atoms with E-state index in [1.54, 1.807) is 0 Å². The third kappa shape index (κ3) is 1.47. The van der Waals surface area contributed by atoms with Crippen LogP contribution >= 0.6 is 0 Å². The molecular formula is C14H22N2. The van der Waals surface area contributed by atoms with Crippen LogP contribution in [-0.2, 0) is 0 Å². The standard InChI is InChI=1S/C14H22N2/c1-9-6-10(8-16-7-9)11(15)12-13(2,3)14(12,4)5/h6-8,11-12H,15H2,1-5H3. The number of nitrogens with two attached hydrogens (primary N) is 1. The minimum atomic E-state index is 0.109. The highest BCUT2D eigenvalue weighted by atomic mass is 14.8. The van der Waals surface area contributed by atoms with Crippen molar-refractivity contribution in [2.75, 3.05) is 0 Å². The molecule has 1 aliphatic rings. The van der Waals surface area contributed by atoms with Crippen molar-refractivity contribution in [2.24, 2.45) is 22.5 Å². The summed E-state index contributed by atoms with van der Waals surface area (Å²) in [4.78, 5) is 4.23. The molecule has 2 N–H and O–H groups in total. The van der Waals surface area contributed by atoms with Crippen LogP contribution in [0.1, 0.15) is 44.9 Å². The van der Waals surface area contributed by atoms with Crippen LogP contribution in [0, 0.1) is 23.7 Å². The van der Waals surface area contributed by atoms with Gasteiger partial charge in [-0.15, -0.1) is 0 Å². The fourth-order valence-electron chi connectivity index (χ4n) is 3.10. The zero-order valence-electron chi connectivity index (χ0n) is 10.9. The Balaban J connectivity index is 2.26. The lowest BCUT2D eigenvalue weighted by Gasteiger charge is -2.14. The van der Waals surface area contributed by atoms with E-state index in [1.807, 2.05) is 12.4 Å². The quantitative estimate of drug-likeness (QED) is 0.828. The van der Waals surface area contributed by atoms with E-state index in [9.17, 15) is 0 Å². The lowest BCUT2D eigenvalue weighted by Crippen LogP contribution is -2.16. The van der Waals surface area contributed by atoms with Gasteiger partial charge in [-0.1, -0.05) is 33.8 Å². The van der Waals surface area contributed by atoms with Gasteiger partial charge in [0.1, 0.15) is 0 Å². The number of nitrogens with zero attached hydrogens (tertiary/aromatic N) is 1. The third-order valence-electron chi connectivity index (χ3n) is 4.77. The summed E-state index contributed by atoms with van der Waals surface area (Å²) in [6.45, 7) is 11.3. The lowest BCUT2D eigenvalue weighted by molar-refractivity contribution is 0.457. The predicted molar refractivity (Wildman–Crippen MR) is 67.0 cm³/mol. The summed E-state index contributed by atoms with van der Waals surface area (Å²) in [6, 6.07) is 2.26. The van der Waals surface area contributed by atoms with Gasteiger partial charge in [-0.3, -0.25) is 4.98 Å². The fourth-order valence-corrected chi connectivity index (χ4v) is 3.10. The number of aryl methyl sites for hydroxylation is 1. The molecule has 2 heteroatoms. The van der Waals surface area contributed by atoms with Gasteiger partial charge < -0.3 is 5.73 Å². The fraction of sp³-hybridized carbons (Fsp3) is 0.643. The van der Waals surface area contributed by atoms with Gasteiger partial charge in [0, 0.05) is 18.4 Å². The summed E-state index contributed by atoms with van der Waals surface area (Å²) in [5.74, 6) is 0.545. The van der Waals surface area contributed by atoms with Crippen LogP contribution in [0.3, 0.4) is 0 Å². The van der Waals surface area contributed by atoms with Crippen molar-refractivity contribution in [3.63, 3.8) is 0 Å². The van der Waals surface area contributed by atoms with Gasteiger partial charge in [0.05, 0.1) is 0 Å². The monoisotopic (exact) mass is 218 g/mol. The Bertz CT molecular complexity index is 393. The molecule has 0 saturated heterocycles. The van der Waals surface area contributed by atoms with E-state index in [-0.39, 0.29) is 6.04 Å². The van der Waals surface area contributed by atoms with Crippen LogP contribution in [0.15, 0.2) is 18.5 Å². The summed E-state index contributed by atoms with van der Waals surface area (Å²) in [5, 5.41) is 0. The average Bonchev–Trinajstić information content (AvgIpc) is 2.56. The Labute approximate surface area is 98.3 Å². The molecule has 0 bridgehead atoms. The SMILES string of the molecule is Cc1cncc(C(N)C2C(C)(C)C2(C)C)c1. The molecule has 1 heterocycles. The molecule has 0 radical (unpaired) electrons. The van der Waals surface area contributed by atoms with Crippen molar-refractivity contribution in [1.29, 1.82) is 0 Å². The van der Waals surface area contributed by atoms with Crippen molar-refractivity contribution in [3.05, 3.63) is 29.6 Å². The Morgan fingerprint density at radius 3 is 2.19 bits per heavy atom. The summed E-state index contributed by atoms with van der Waals surface area (Å²) in [5.41, 5.74) is 9.39. The molecule has 16 heavy (non-hydrogen) atoms. The molecule has 0 aromatic carbocycles. The van der Waals surface area contributed by atoms with E-state index in [2.05, 4.69) is 45.7 Å². The van der Waals surface area contributed by atoms with Crippen LogP contribution in [0.5, 0.6) is 0 Å². The van der Waals surface area contributed by atoms with E-state index >= 15 is 0 Å². The van der Waals surface area contributed by atoms with Gasteiger partial charge in [0.15, 0.2) is 0 Å². The Hall–Kier alpha value is -0.890. The molecule has 1 saturated carbocycles. The Kier molecular flexibility index (Phi) is 2.39. The molecule has 1 unspecified atom stereocenters. The lowest BCUT2D eigenvalue weighted by atomic mass is 9.98. The first-order valence-electron chi connectivity index (χ1n) is 5.95. The molecule has 0 amide bonds. The van der Waals surface area contributed by atoms with E-state index in [0.717, 1.165) is 0 Å². The molecule has 88 valence electrons. The number of aromatic nitrogens is 1. The highest BCUT2D eigenvalue weighted by molar-refractivity contribution is 5.27. The maximum atomic E-state index is 6.38. The first-order valence-corrected chi connectivity index (χ1v) is 5.95. The maximum Gasteiger partial charge on any atom is 0.0349 e. The second-order valence-electron chi connectivity index (χ2n) is 6.24. The molecule has 1 atom stereocenters. The van der Waals surface area contributed by atoms with Gasteiger partial charge in [0.2, 0.25) is 0 Å². The molecule has 1 fully saturated rings. The molecule has 1 aliphatic carbocycles. The Morgan fingerprint density at radius 1 is 1.19 bits per heavy atom. The molecule has 0 spiro atoms. The van der Waals surface area contributed by atoms with Gasteiger partial charge in [0.25, 0.3) is 0 Å². The summed E-state index contributed by atoms with van der Waals surface area (Å²) < 4.78 is 0. The molecule has 1 aromatic rings. The summed E-state index contributed by atoms with van der Waals surface area (Å²) >= 11 is 0. The largest absolute Gasteiger partial charge is 0.324 e. The molecule has 0 aliphatic heterocycles. The van der Waals surface area contributed by atoms with Gasteiger partial charge >= 0.3 is 0 Å². The maximum absolute atomic E-state index is 6.38. The van der Waals surface area contributed by atoms with Gasteiger partial charge in [-0.05, 0) is 34.8 Å². The van der Waals surface area contributed by atoms with E-state index in [1.165, 1.54) is 11.1 Å². The number of rotatable bonds is 2. The van der Waals surface area contributed by atoms with Crippen LogP contribution in [0.4, 0.5) is 0 Å². The van der Waals surface area contributed by atoms with E-state index < -0.39 is 0 Å². The molecular weight excluding hydrogens is 196 g/mol. The molecule has 2 rings (SSSR count). The second-order valence-corrected chi connectivity index (χ2v) is 6.24. The van der Waals surface area contributed by atoms with Crippen molar-refractivity contribution in [3.8, 4) is 0 Å². The normalized spacial score (nSPS) is 24.1. The van der Waals surface area contributed by atoms with Crippen LogP contribution in [-0.4, -0.2) is 4.98 Å². The zero-order valence-corrected chi connectivity index (χ0v) is 10.9. The van der Waals surface area contributed by atoms with Crippen LogP contribution in [0.25, 0.3) is 0 Å². The van der Waals surface area contributed by atoms with Crippen LogP contribution in [0.2, 0.25) is 0 Å². The van der Waals surface area contributed by atoms with Crippen molar-refractivity contribution >= 4 is 0 Å². The first kappa shape index (κ1) is 11.6. The topological polar surface area (TPSA) is 38.9 Å². The van der Waals surface area contributed by atoms with Gasteiger partial charge in [-0.25, -0.2) is 0 Å². The Morgan fingerprint density at radius 2 is 1.75 bits per heavy atom. The molecule has 2 nitrogen and oxygen atoms in total. The predicted octanol–water partition coefficient (Wildman–Crippen LogP) is 3.07. The third-order valence-corrected chi connectivity index (χ3v) is 4.77. The van der Waals surface area contributed by atoms with E-state index in [0.29, 0.717) is 16.7 Å². The number of hydrogen-bond acceptors (Lipinski definition) is 2. The first-order chi connectivity index (χ1) is 7.28. The number of hydrogen-bond donors (Lipinski definition) is 1. The minimum absolute atomic E-state index is 0.109. The summed E-state index contributed by atoms with van der Waals surface area (Å²) in [7, 11) is 0. The number of pyridine rings is 1. The zero-order chi connectivity index (χ0) is 12.1. The highest BCUT2D eigenvalue weighted by Crippen LogP contribution is 2.71. The summed E-state index contributed by atoms with van der Waals surface area (Å²) in [6.07, 6.45) is 3.78. The molecule has 1 aromatic heterocycles. The average molecular weight is 218 g/mol. The highest BCUT2D eigenvalue weighted by Gasteiger charge is 2.66. The minimum Gasteiger partial charge on any atom is -0.324 e.